The third-order valence-electron chi connectivity index (χ3n) is 1.75. The summed E-state index contributed by atoms with van der Waals surface area (Å²) in [5.41, 5.74) is 10.4. The summed E-state index contributed by atoms with van der Waals surface area (Å²) in [6.07, 6.45) is -1.07. The molecule has 0 bridgehead atoms. The van der Waals surface area contributed by atoms with Crippen LogP contribution in [-0.2, 0) is 19.1 Å². The first-order valence-electron chi connectivity index (χ1n) is 6.59. The minimum Gasteiger partial charge on any atom is -0.447 e. The molecule has 7 N–H and O–H groups in total. The lowest BCUT2D eigenvalue weighted by Gasteiger charge is -2.08. The van der Waals surface area contributed by atoms with E-state index < -0.39 is 12.2 Å². The zero-order valence-electron chi connectivity index (χ0n) is 12.7. The zero-order chi connectivity index (χ0) is 17.1. The van der Waals surface area contributed by atoms with Gasteiger partial charge in [-0.25, -0.2) is 14.5 Å². The Hall–Kier alpha value is -1.66. The van der Waals surface area contributed by atoms with E-state index in [1.54, 1.807) is 0 Å². The number of ether oxygens (including phenoxy) is 3. The molecule has 132 valence electrons. The molecule has 0 aromatic heterocycles. The number of nitrogens with two attached hydrogens (primary N) is 2. The molecule has 0 unspecified atom stereocenters. The normalized spacial score (nSPS) is 9.27. The topological polar surface area (TPSA) is 167 Å². The third kappa shape index (κ3) is 20.7. The van der Waals surface area contributed by atoms with Crippen LogP contribution in [0.1, 0.15) is 0 Å². The maximum Gasteiger partial charge on any atom is 0.407 e. The number of carbonyl (C=O) groups is 2. The smallest absolute Gasteiger partial charge is 0.407 e. The standard InChI is InChI=1S/C10H22N4O5.CH4O2/c11-1-3-13-9(15)18-7-5-17-6-8-19-10(16)14-4-2-12;1-3-2/h1-8,11-12H2,(H,13,15)(H,14,16);2H,1H3. The van der Waals surface area contributed by atoms with Gasteiger partial charge in [0.25, 0.3) is 0 Å². The van der Waals surface area contributed by atoms with Crippen molar-refractivity contribution in [1.82, 2.24) is 10.6 Å². The van der Waals surface area contributed by atoms with E-state index in [1.807, 2.05) is 0 Å². The lowest BCUT2D eigenvalue weighted by molar-refractivity contribution is -0.214. The van der Waals surface area contributed by atoms with Gasteiger partial charge in [-0.2, -0.15) is 0 Å². The fourth-order valence-corrected chi connectivity index (χ4v) is 0.939. The molecule has 0 spiro atoms. The van der Waals surface area contributed by atoms with Crippen molar-refractivity contribution in [3.63, 3.8) is 0 Å². The number of rotatable bonds is 10. The van der Waals surface area contributed by atoms with E-state index in [9.17, 15) is 9.59 Å². The summed E-state index contributed by atoms with van der Waals surface area (Å²) in [6.45, 7) is 2.14. The van der Waals surface area contributed by atoms with Crippen LogP contribution in [0.2, 0.25) is 0 Å². The second-order valence-electron chi connectivity index (χ2n) is 3.50. The van der Waals surface area contributed by atoms with Gasteiger partial charge in [-0.3, -0.25) is 5.26 Å². The zero-order valence-corrected chi connectivity index (χ0v) is 12.7. The molecule has 0 saturated heterocycles. The van der Waals surface area contributed by atoms with Crippen LogP contribution in [0.25, 0.3) is 0 Å². The van der Waals surface area contributed by atoms with Crippen molar-refractivity contribution in [1.29, 1.82) is 0 Å². The summed E-state index contributed by atoms with van der Waals surface area (Å²) < 4.78 is 14.6. The summed E-state index contributed by atoms with van der Waals surface area (Å²) in [7, 11) is 1.18. The fourth-order valence-electron chi connectivity index (χ4n) is 0.939. The quantitative estimate of drug-likeness (QED) is 0.182. The lowest BCUT2D eigenvalue weighted by Crippen LogP contribution is -2.31. The molecule has 0 rings (SSSR count). The maximum atomic E-state index is 10.9. The van der Waals surface area contributed by atoms with E-state index in [0.29, 0.717) is 26.2 Å². The van der Waals surface area contributed by atoms with Gasteiger partial charge in [0.05, 0.1) is 20.3 Å². The minimum atomic E-state index is -0.536. The first-order chi connectivity index (χ1) is 10.6. The highest BCUT2D eigenvalue weighted by atomic mass is 17.1. The Kier molecular flexibility index (Phi) is 19.9. The Balaban J connectivity index is 0. The summed E-state index contributed by atoms with van der Waals surface area (Å²) in [5, 5.41) is 11.9. The van der Waals surface area contributed by atoms with Crippen LogP contribution in [0.3, 0.4) is 0 Å². The van der Waals surface area contributed by atoms with Crippen LogP contribution in [0.4, 0.5) is 9.59 Å². The first-order valence-corrected chi connectivity index (χ1v) is 6.59. The molecular weight excluding hydrogens is 300 g/mol. The predicted molar refractivity (Wildman–Crippen MR) is 77.3 cm³/mol. The highest BCUT2D eigenvalue weighted by Gasteiger charge is 2.01. The first kappa shape index (κ1) is 22.6. The summed E-state index contributed by atoms with van der Waals surface area (Å²) in [5.74, 6) is 0. The van der Waals surface area contributed by atoms with Crippen molar-refractivity contribution in [3.05, 3.63) is 0 Å². The second-order valence-corrected chi connectivity index (χ2v) is 3.50. The number of carbonyl (C=O) groups excluding carboxylic acids is 2. The van der Waals surface area contributed by atoms with Gasteiger partial charge in [0.1, 0.15) is 13.2 Å². The molecular formula is C11H26N4O7. The lowest BCUT2D eigenvalue weighted by atomic mass is 10.6. The summed E-state index contributed by atoms with van der Waals surface area (Å²) in [6, 6.07) is 0. The number of nitrogens with one attached hydrogen (secondary N) is 2. The number of hydrogen-bond acceptors (Lipinski definition) is 9. The van der Waals surface area contributed by atoms with Gasteiger partial charge < -0.3 is 36.3 Å². The van der Waals surface area contributed by atoms with Gasteiger partial charge in [-0.05, 0) is 0 Å². The monoisotopic (exact) mass is 326 g/mol. The van der Waals surface area contributed by atoms with Crippen molar-refractivity contribution >= 4 is 12.2 Å². The Morgan fingerprint density at radius 1 is 0.909 bits per heavy atom. The van der Waals surface area contributed by atoms with Crippen LogP contribution in [0.5, 0.6) is 0 Å². The summed E-state index contributed by atoms with van der Waals surface area (Å²) in [4.78, 5) is 25.1. The molecule has 2 amide bonds. The largest absolute Gasteiger partial charge is 0.447 e. The maximum absolute atomic E-state index is 10.9. The molecule has 0 radical (unpaired) electrons. The molecule has 0 aromatic rings. The molecule has 0 aliphatic carbocycles. The Morgan fingerprint density at radius 2 is 1.27 bits per heavy atom. The average Bonchev–Trinajstić information content (AvgIpc) is 2.50. The van der Waals surface area contributed by atoms with Crippen LogP contribution < -0.4 is 22.1 Å². The predicted octanol–water partition coefficient (Wildman–Crippen LogP) is -1.52. The van der Waals surface area contributed by atoms with Crippen molar-refractivity contribution in [2.75, 3.05) is 59.7 Å². The van der Waals surface area contributed by atoms with Crippen molar-refractivity contribution in [3.8, 4) is 0 Å². The van der Waals surface area contributed by atoms with Crippen molar-refractivity contribution in [2.45, 2.75) is 0 Å². The second kappa shape index (κ2) is 19.3. The molecule has 0 heterocycles. The molecule has 11 nitrogen and oxygen atoms in total. The number of hydrogen-bond donors (Lipinski definition) is 5. The SMILES string of the molecule is COO.NCCNC(=O)OCCOCCOC(=O)NCCN. The molecule has 22 heavy (non-hydrogen) atoms. The number of amides is 2. The van der Waals surface area contributed by atoms with Gasteiger partial charge in [-0.1, -0.05) is 0 Å². The van der Waals surface area contributed by atoms with Gasteiger partial charge >= 0.3 is 12.2 Å². The fraction of sp³-hybridized carbons (Fsp3) is 0.818. The van der Waals surface area contributed by atoms with Crippen molar-refractivity contribution < 1.29 is 33.9 Å². The van der Waals surface area contributed by atoms with Crippen LogP contribution >= 0.6 is 0 Å². The molecule has 0 saturated carbocycles. The van der Waals surface area contributed by atoms with Crippen LogP contribution in [0.15, 0.2) is 0 Å². The van der Waals surface area contributed by atoms with Crippen LogP contribution in [-0.4, -0.2) is 77.2 Å². The van der Waals surface area contributed by atoms with Gasteiger partial charge in [-0.15, -0.1) is 0 Å². The van der Waals surface area contributed by atoms with Gasteiger partial charge in [0, 0.05) is 26.2 Å². The van der Waals surface area contributed by atoms with Crippen molar-refractivity contribution in [2.24, 2.45) is 11.5 Å². The van der Waals surface area contributed by atoms with E-state index in [4.69, 9.17) is 30.9 Å². The van der Waals surface area contributed by atoms with Gasteiger partial charge in [0.2, 0.25) is 0 Å². The third-order valence-corrected chi connectivity index (χ3v) is 1.75. The molecule has 0 fully saturated rings. The summed E-state index contributed by atoms with van der Waals surface area (Å²) >= 11 is 0. The van der Waals surface area contributed by atoms with E-state index in [2.05, 4.69) is 15.5 Å². The average molecular weight is 326 g/mol. The Morgan fingerprint density at radius 3 is 1.59 bits per heavy atom. The van der Waals surface area contributed by atoms with Crippen LogP contribution in [0, 0.1) is 0 Å². The molecule has 0 aliphatic heterocycles. The molecule has 11 heteroatoms. The van der Waals surface area contributed by atoms with E-state index >= 15 is 0 Å². The van der Waals surface area contributed by atoms with E-state index in [-0.39, 0.29) is 26.4 Å². The number of alkyl carbamates (subject to hydrolysis) is 2. The highest BCUT2D eigenvalue weighted by Crippen LogP contribution is 1.83. The van der Waals surface area contributed by atoms with E-state index in [1.165, 1.54) is 7.11 Å². The van der Waals surface area contributed by atoms with E-state index in [0.717, 1.165) is 0 Å². The molecule has 0 atom stereocenters. The Bertz CT molecular complexity index is 245. The highest BCUT2D eigenvalue weighted by molar-refractivity contribution is 5.67. The Labute approximate surface area is 129 Å². The molecule has 0 aliphatic rings. The molecule has 0 aromatic carbocycles. The van der Waals surface area contributed by atoms with Gasteiger partial charge in [0.15, 0.2) is 0 Å². The minimum absolute atomic E-state index is 0.121.